The first kappa shape index (κ1) is 15.1. The fourth-order valence-electron chi connectivity index (χ4n) is 2.18. The molecule has 7 heteroatoms. The smallest absolute Gasteiger partial charge is 0.161 e. The van der Waals surface area contributed by atoms with Gasteiger partial charge >= 0.3 is 0 Å². The van der Waals surface area contributed by atoms with Crippen molar-refractivity contribution in [2.24, 2.45) is 5.84 Å². The van der Waals surface area contributed by atoms with E-state index in [0.717, 1.165) is 5.75 Å². The zero-order chi connectivity index (χ0) is 14.6. The molecule has 0 amide bonds. The van der Waals surface area contributed by atoms with Crippen LogP contribution in [0.3, 0.4) is 0 Å². The molecule has 2 unspecified atom stereocenters. The van der Waals surface area contributed by atoms with Gasteiger partial charge in [0.2, 0.25) is 0 Å². The Morgan fingerprint density at radius 1 is 1.40 bits per heavy atom. The normalized spacial score (nSPS) is 19.6. The Labute approximate surface area is 119 Å². The summed E-state index contributed by atoms with van der Waals surface area (Å²) in [4.78, 5) is 0. The molecule has 6 nitrogen and oxygen atoms in total. The highest BCUT2D eigenvalue weighted by molar-refractivity contribution is 7.90. The van der Waals surface area contributed by atoms with Crippen LogP contribution in [0.2, 0.25) is 0 Å². The van der Waals surface area contributed by atoms with E-state index in [0.29, 0.717) is 25.2 Å². The van der Waals surface area contributed by atoms with Gasteiger partial charge in [-0.15, -0.1) is 0 Å². The average molecular weight is 300 g/mol. The quantitative estimate of drug-likeness (QED) is 0.587. The van der Waals surface area contributed by atoms with Gasteiger partial charge in [-0.3, -0.25) is 11.3 Å². The Morgan fingerprint density at radius 3 is 2.75 bits per heavy atom. The van der Waals surface area contributed by atoms with Gasteiger partial charge in [-0.2, -0.15) is 0 Å². The molecular weight excluding hydrogens is 280 g/mol. The summed E-state index contributed by atoms with van der Waals surface area (Å²) in [5, 5.41) is 0. The molecule has 0 saturated carbocycles. The predicted molar refractivity (Wildman–Crippen MR) is 76.4 cm³/mol. The second kappa shape index (κ2) is 6.43. The second-order valence-corrected chi connectivity index (χ2v) is 7.22. The molecule has 0 bridgehead atoms. The molecule has 1 aliphatic rings. The van der Waals surface area contributed by atoms with E-state index < -0.39 is 9.84 Å². The van der Waals surface area contributed by atoms with Crippen LogP contribution in [0, 0.1) is 0 Å². The highest BCUT2D eigenvalue weighted by Crippen LogP contribution is 2.31. The van der Waals surface area contributed by atoms with Crippen LogP contribution in [0.5, 0.6) is 11.5 Å². The maximum Gasteiger partial charge on any atom is 0.161 e. The van der Waals surface area contributed by atoms with E-state index in [2.05, 4.69) is 5.43 Å². The van der Waals surface area contributed by atoms with Gasteiger partial charge in [-0.25, -0.2) is 8.42 Å². The second-order valence-electron chi connectivity index (χ2n) is 4.96. The lowest BCUT2D eigenvalue weighted by atomic mass is 10.1. The molecule has 0 aliphatic carbocycles. The maximum atomic E-state index is 11.1. The number of hydrogen-bond acceptors (Lipinski definition) is 6. The molecular formula is C13H20N2O4S. The predicted octanol–water partition coefficient (Wildman–Crippen LogP) is 0.483. The van der Waals surface area contributed by atoms with Crippen molar-refractivity contribution in [2.75, 3.05) is 18.6 Å². The number of rotatable bonds is 6. The van der Waals surface area contributed by atoms with Crippen LogP contribution in [0.1, 0.15) is 12.8 Å². The molecule has 1 aliphatic heterocycles. The zero-order valence-corrected chi connectivity index (χ0v) is 12.2. The first-order valence-corrected chi connectivity index (χ1v) is 8.58. The Hall–Kier alpha value is -1.31. The van der Waals surface area contributed by atoms with Crippen molar-refractivity contribution in [1.82, 2.24) is 5.43 Å². The van der Waals surface area contributed by atoms with Gasteiger partial charge in [-0.1, -0.05) is 12.1 Å². The Kier molecular flexibility index (Phi) is 4.85. The van der Waals surface area contributed by atoms with Gasteiger partial charge in [-0.05, 0) is 25.0 Å². The van der Waals surface area contributed by atoms with Crippen molar-refractivity contribution >= 4 is 9.84 Å². The summed E-state index contributed by atoms with van der Waals surface area (Å²) in [6.07, 6.45) is 2.15. The molecule has 0 fully saturated rings. The van der Waals surface area contributed by atoms with E-state index in [1.54, 1.807) is 0 Å². The van der Waals surface area contributed by atoms with Gasteiger partial charge in [0.1, 0.15) is 22.5 Å². The van der Waals surface area contributed by atoms with Crippen molar-refractivity contribution in [3.8, 4) is 11.5 Å². The maximum absolute atomic E-state index is 11.1. The zero-order valence-electron chi connectivity index (χ0n) is 11.4. The van der Waals surface area contributed by atoms with E-state index in [4.69, 9.17) is 15.3 Å². The molecule has 0 radical (unpaired) electrons. The van der Waals surface area contributed by atoms with Gasteiger partial charge in [0, 0.05) is 12.0 Å². The first-order valence-electron chi connectivity index (χ1n) is 6.52. The lowest BCUT2D eigenvalue weighted by Gasteiger charge is -2.31. The fraction of sp³-hybridized carbons (Fsp3) is 0.538. The van der Waals surface area contributed by atoms with E-state index in [-0.39, 0.29) is 17.9 Å². The summed E-state index contributed by atoms with van der Waals surface area (Å²) in [6, 6.07) is 7.29. The summed E-state index contributed by atoms with van der Waals surface area (Å²) >= 11 is 0. The lowest BCUT2D eigenvalue weighted by Crippen LogP contribution is -2.50. The molecule has 1 heterocycles. The van der Waals surface area contributed by atoms with E-state index in [1.165, 1.54) is 6.26 Å². The molecule has 2 atom stereocenters. The molecule has 112 valence electrons. The van der Waals surface area contributed by atoms with Crippen LogP contribution in [0.15, 0.2) is 24.3 Å². The van der Waals surface area contributed by atoms with E-state index >= 15 is 0 Å². The highest BCUT2D eigenvalue weighted by Gasteiger charge is 2.28. The summed E-state index contributed by atoms with van der Waals surface area (Å²) in [6.45, 7) is 0.394. The van der Waals surface area contributed by atoms with Crippen molar-refractivity contribution in [3.05, 3.63) is 24.3 Å². The van der Waals surface area contributed by atoms with Gasteiger partial charge < -0.3 is 9.47 Å². The topological polar surface area (TPSA) is 90.7 Å². The van der Waals surface area contributed by atoms with Gasteiger partial charge in [0.15, 0.2) is 11.5 Å². The van der Waals surface area contributed by atoms with Crippen LogP contribution in [0.4, 0.5) is 0 Å². The van der Waals surface area contributed by atoms with Crippen molar-refractivity contribution in [1.29, 1.82) is 0 Å². The Bertz CT molecular complexity index is 547. The van der Waals surface area contributed by atoms with Crippen LogP contribution >= 0.6 is 0 Å². The third-order valence-electron chi connectivity index (χ3n) is 3.22. The molecule has 20 heavy (non-hydrogen) atoms. The fourth-order valence-corrected chi connectivity index (χ4v) is 2.87. The van der Waals surface area contributed by atoms with E-state index in [1.807, 2.05) is 24.3 Å². The number of fused-ring (bicyclic) bond motifs is 1. The van der Waals surface area contributed by atoms with Crippen molar-refractivity contribution in [2.45, 2.75) is 25.0 Å². The number of sulfone groups is 1. The average Bonchev–Trinajstić information content (AvgIpc) is 2.42. The molecule has 0 spiro atoms. The third-order valence-corrected chi connectivity index (χ3v) is 4.25. The van der Waals surface area contributed by atoms with Crippen LogP contribution in [0.25, 0.3) is 0 Å². The van der Waals surface area contributed by atoms with Crippen molar-refractivity contribution < 1.29 is 17.9 Å². The van der Waals surface area contributed by atoms with Gasteiger partial charge in [0.05, 0.1) is 6.04 Å². The summed E-state index contributed by atoms with van der Waals surface area (Å²) in [5.74, 6) is 7.09. The van der Waals surface area contributed by atoms with Gasteiger partial charge in [0.25, 0.3) is 0 Å². The number of para-hydroxylation sites is 2. The minimum absolute atomic E-state index is 0.148. The highest BCUT2D eigenvalue weighted by atomic mass is 32.2. The lowest BCUT2D eigenvalue weighted by molar-refractivity contribution is 0.0593. The summed E-state index contributed by atoms with van der Waals surface area (Å²) < 4.78 is 33.7. The SMILES string of the molecule is CS(=O)(=O)CCCC(NN)C1COc2ccccc2O1. The number of nitrogens with two attached hydrogens (primary N) is 1. The molecule has 1 aromatic rings. The number of nitrogens with one attached hydrogen (secondary N) is 1. The Balaban J connectivity index is 1.93. The molecule has 2 rings (SSSR count). The van der Waals surface area contributed by atoms with Crippen molar-refractivity contribution in [3.63, 3.8) is 0 Å². The third kappa shape index (κ3) is 4.09. The number of ether oxygens (including phenoxy) is 2. The minimum Gasteiger partial charge on any atom is -0.486 e. The minimum atomic E-state index is -2.95. The molecule has 1 aromatic carbocycles. The van der Waals surface area contributed by atoms with Crippen LogP contribution in [-0.4, -0.2) is 39.2 Å². The number of benzene rings is 1. The standard InChI is InChI=1S/C13H20N2O4S/c1-20(16,17)8-4-5-10(15-14)13-9-18-11-6-2-3-7-12(11)19-13/h2-3,6-7,10,13,15H,4-5,8-9,14H2,1H3. The van der Waals surface area contributed by atoms with Crippen LogP contribution in [-0.2, 0) is 9.84 Å². The molecule has 0 aromatic heterocycles. The summed E-state index contributed by atoms with van der Waals surface area (Å²) in [7, 11) is -2.95. The molecule has 3 N–H and O–H groups in total. The monoisotopic (exact) mass is 300 g/mol. The summed E-state index contributed by atoms with van der Waals surface area (Å²) in [5.41, 5.74) is 2.69. The number of hydrazine groups is 1. The number of hydrogen-bond donors (Lipinski definition) is 2. The van der Waals surface area contributed by atoms with Crippen LogP contribution < -0.4 is 20.7 Å². The first-order chi connectivity index (χ1) is 9.49. The largest absolute Gasteiger partial charge is 0.486 e. The Morgan fingerprint density at radius 2 is 2.10 bits per heavy atom. The van der Waals surface area contributed by atoms with E-state index in [9.17, 15) is 8.42 Å². The molecule has 0 saturated heterocycles.